The molecule has 0 aliphatic carbocycles. The molecule has 7 heteroatoms. The van der Waals surface area contributed by atoms with E-state index >= 15 is 0 Å². The minimum atomic E-state index is -0.870. The molecule has 7 nitrogen and oxygen atoms in total. The fourth-order valence-electron chi connectivity index (χ4n) is 3.33. The number of hydrogen-bond donors (Lipinski definition) is 3. The summed E-state index contributed by atoms with van der Waals surface area (Å²) in [5.41, 5.74) is 2.95. The molecule has 1 saturated heterocycles. The minimum absolute atomic E-state index is 0.137. The summed E-state index contributed by atoms with van der Waals surface area (Å²) in [6.07, 6.45) is 2.30. The van der Waals surface area contributed by atoms with Crippen molar-refractivity contribution in [2.24, 2.45) is 5.92 Å². The van der Waals surface area contributed by atoms with Crippen molar-refractivity contribution in [1.29, 1.82) is 0 Å². The highest BCUT2D eigenvalue weighted by Gasteiger charge is 2.22. The maximum absolute atomic E-state index is 12.5. The van der Waals surface area contributed by atoms with Crippen LogP contribution in [-0.2, 0) is 6.54 Å². The molecule has 148 valence electrons. The molecule has 1 aromatic heterocycles. The zero-order valence-electron chi connectivity index (χ0n) is 16.0. The molecule has 0 saturated carbocycles. The second-order valence-electron chi connectivity index (χ2n) is 7.13. The van der Waals surface area contributed by atoms with E-state index in [1.165, 1.54) is 16.0 Å². The predicted molar refractivity (Wildman–Crippen MR) is 107 cm³/mol. The maximum Gasteiger partial charge on any atom is 0.407 e. The number of hydrogen-bond acceptors (Lipinski definition) is 4. The van der Waals surface area contributed by atoms with E-state index in [4.69, 9.17) is 5.11 Å². The summed E-state index contributed by atoms with van der Waals surface area (Å²) in [5, 5.41) is 15.2. The molecular weight excluding hydrogens is 356 g/mol. The third-order valence-electron chi connectivity index (χ3n) is 5.18. The van der Waals surface area contributed by atoms with Gasteiger partial charge in [-0.1, -0.05) is 24.3 Å². The highest BCUT2D eigenvalue weighted by atomic mass is 16.4. The first-order chi connectivity index (χ1) is 13.5. The number of carbonyl (C=O) groups is 2. The Morgan fingerprint density at radius 1 is 1.21 bits per heavy atom. The van der Waals surface area contributed by atoms with Gasteiger partial charge >= 0.3 is 6.09 Å². The Morgan fingerprint density at radius 3 is 2.68 bits per heavy atom. The molecule has 0 spiro atoms. The van der Waals surface area contributed by atoms with Crippen molar-refractivity contribution in [2.75, 3.05) is 25.0 Å². The normalized spacial score (nSPS) is 14.5. The molecule has 0 bridgehead atoms. The van der Waals surface area contributed by atoms with E-state index in [9.17, 15) is 9.59 Å². The van der Waals surface area contributed by atoms with E-state index in [-0.39, 0.29) is 5.91 Å². The van der Waals surface area contributed by atoms with Crippen LogP contribution in [0.5, 0.6) is 0 Å². The summed E-state index contributed by atoms with van der Waals surface area (Å²) in [4.78, 5) is 29.1. The van der Waals surface area contributed by atoms with E-state index in [1.54, 1.807) is 18.3 Å². The maximum atomic E-state index is 12.5. The van der Waals surface area contributed by atoms with Gasteiger partial charge in [0.1, 0.15) is 5.82 Å². The number of aryl methyl sites for hydroxylation is 1. The van der Waals surface area contributed by atoms with Crippen molar-refractivity contribution >= 4 is 17.8 Å². The number of rotatable bonds is 6. The van der Waals surface area contributed by atoms with Gasteiger partial charge in [0.05, 0.1) is 0 Å². The van der Waals surface area contributed by atoms with Crippen molar-refractivity contribution in [3.8, 4) is 0 Å². The first kappa shape index (κ1) is 19.7. The number of likely N-dealkylation sites (tertiary alicyclic amines) is 1. The zero-order chi connectivity index (χ0) is 19.9. The zero-order valence-corrected chi connectivity index (χ0v) is 16.0. The van der Waals surface area contributed by atoms with Crippen LogP contribution in [0.15, 0.2) is 42.6 Å². The molecular formula is C21H26N4O3. The Labute approximate surface area is 164 Å². The van der Waals surface area contributed by atoms with Crippen molar-refractivity contribution in [1.82, 2.24) is 15.2 Å². The molecule has 1 aliphatic rings. The summed E-state index contributed by atoms with van der Waals surface area (Å²) in [5.74, 6) is 0.827. The van der Waals surface area contributed by atoms with Crippen LogP contribution < -0.4 is 10.6 Å². The Bertz CT molecular complexity index is 832. The smallest absolute Gasteiger partial charge is 0.407 e. The number of aromatic nitrogens is 1. The molecule has 2 aromatic rings. The number of piperidine rings is 1. The largest absolute Gasteiger partial charge is 0.465 e. The average molecular weight is 382 g/mol. The molecule has 2 amide bonds. The van der Waals surface area contributed by atoms with Gasteiger partial charge in [-0.2, -0.15) is 0 Å². The molecule has 3 N–H and O–H groups in total. The quantitative estimate of drug-likeness (QED) is 0.714. The van der Waals surface area contributed by atoms with E-state index in [2.05, 4.69) is 34.7 Å². The van der Waals surface area contributed by atoms with Crippen molar-refractivity contribution in [2.45, 2.75) is 26.3 Å². The van der Waals surface area contributed by atoms with E-state index < -0.39 is 6.09 Å². The molecule has 1 aliphatic heterocycles. The van der Waals surface area contributed by atoms with E-state index in [0.717, 1.165) is 12.8 Å². The Hall–Kier alpha value is -3.09. The summed E-state index contributed by atoms with van der Waals surface area (Å²) in [6, 6.07) is 11.6. The number of carboxylic acid groups (broad SMARTS) is 1. The van der Waals surface area contributed by atoms with Crippen LogP contribution in [0.3, 0.4) is 0 Å². The first-order valence-corrected chi connectivity index (χ1v) is 9.53. The monoisotopic (exact) mass is 382 g/mol. The number of anilines is 1. The number of amides is 2. The third-order valence-corrected chi connectivity index (χ3v) is 5.18. The van der Waals surface area contributed by atoms with Crippen molar-refractivity contribution in [3.63, 3.8) is 0 Å². The lowest BCUT2D eigenvalue weighted by Gasteiger charge is -2.29. The molecule has 2 heterocycles. The van der Waals surface area contributed by atoms with Gasteiger partial charge in [-0.05, 0) is 48.9 Å². The van der Waals surface area contributed by atoms with Gasteiger partial charge in [-0.15, -0.1) is 0 Å². The second-order valence-corrected chi connectivity index (χ2v) is 7.13. The standard InChI is InChI=1S/C21H26N4O3/c1-15-4-2-3-5-18(15)14-23-19-12-17(6-9-22-19)20(26)24-13-16-7-10-25(11-8-16)21(27)28/h2-6,9,12,16H,7-8,10-11,13-14H2,1H3,(H,22,23)(H,24,26)(H,27,28). The number of pyridine rings is 1. The molecule has 0 radical (unpaired) electrons. The lowest BCUT2D eigenvalue weighted by atomic mass is 9.97. The lowest BCUT2D eigenvalue weighted by molar-refractivity contribution is 0.0928. The molecule has 1 aromatic carbocycles. The number of carbonyl (C=O) groups excluding carboxylic acids is 1. The topological polar surface area (TPSA) is 94.6 Å². The molecule has 0 unspecified atom stereocenters. The second kappa shape index (κ2) is 9.21. The highest BCUT2D eigenvalue weighted by molar-refractivity contribution is 5.94. The van der Waals surface area contributed by atoms with Gasteiger partial charge in [0, 0.05) is 37.9 Å². The molecule has 1 fully saturated rings. The van der Waals surface area contributed by atoms with Gasteiger partial charge in [0.2, 0.25) is 0 Å². The van der Waals surface area contributed by atoms with Crippen LogP contribution in [0.2, 0.25) is 0 Å². The SMILES string of the molecule is Cc1ccccc1CNc1cc(C(=O)NCC2CCN(C(=O)O)CC2)ccn1. The average Bonchev–Trinajstić information content (AvgIpc) is 2.72. The van der Waals surface area contributed by atoms with Gasteiger partial charge in [0.15, 0.2) is 0 Å². The molecule has 3 rings (SSSR count). The van der Waals surface area contributed by atoms with Crippen molar-refractivity contribution < 1.29 is 14.7 Å². The van der Waals surface area contributed by atoms with E-state index in [0.29, 0.717) is 43.5 Å². The van der Waals surface area contributed by atoms with Gasteiger partial charge in [-0.3, -0.25) is 4.79 Å². The Kier molecular flexibility index (Phi) is 6.47. The van der Waals surface area contributed by atoms with Gasteiger partial charge in [0.25, 0.3) is 5.91 Å². The van der Waals surface area contributed by atoms with Gasteiger partial charge < -0.3 is 20.6 Å². The van der Waals surface area contributed by atoms with Crippen LogP contribution in [0.1, 0.15) is 34.3 Å². The number of benzene rings is 1. The van der Waals surface area contributed by atoms with Crippen LogP contribution in [0, 0.1) is 12.8 Å². The molecule has 0 atom stereocenters. The minimum Gasteiger partial charge on any atom is -0.465 e. The number of nitrogens with one attached hydrogen (secondary N) is 2. The van der Waals surface area contributed by atoms with Gasteiger partial charge in [-0.25, -0.2) is 9.78 Å². The molecule has 28 heavy (non-hydrogen) atoms. The summed E-state index contributed by atoms with van der Waals surface area (Å²) < 4.78 is 0. The Morgan fingerprint density at radius 2 is 1.96 bits per heavy atom. The van der Waals surface area contributed by atoms with Crippen LogP contribution in [0.25, 0.3) is 0 Å². The Balaban J connectivity index is 1.50. The van der Waals surface area contributed by atoms with Crippen LogP contribution in [-0.4, -0.2) is 46.6 Å². The summed E-state index contributed by atoms with van der Waals surface area (Å²) in [6.45, 7) is 4.32. The first-order valence-electron chi connectivity index (χ1n) is 9.53. The van der Waals surface area contributed by atoms with Crippen LogP contribution in [0.4, 0.5) is 10.6 Å². The lowest BCUT2D eigenvalue weighted by Crippen LogP contribution is -2.40. The fraction of sp³-hybridized carbons (Fsp3) is 0.381. The summed E-state index contributed by atoms with van der Waals surface area (Å²) >= 11 is 0. The highest BCUT2D eigenvalue weighted by Crippen LogP contribution is 2.17. The number of nitrogens with zero attached hydrogens (tertiary/aromatic N) is 2. The summed E-state index contributed by atoms with van der Waals surface area (Å²) in [7, 11) is 0. The van der Waals surface area contributed by atoms with Crippen LogP contribution >= 0.6 is 0 Å². The van der Waals surface area contributed by atoms with Crippen molar-refractivity contribution in [3.05, 3.63) is 59.3 Å². The fourth-order valence-corrected chi connectivity index (χ4v) is 3.33. The third kappa shape index (κ3) is 5.22. The van der Waals surface area contributed by atoms with E-state index in [1.807, 2.05) is 12.1 Å². The predicted octanol–water partition coefficient (Wildman–Crippen LogP) is 3.12.